The van der Waals surface area contributed by atoms with Gasteiger partial charge < -0.3 is 15.1 Å². The van der Waals surface area contributed by atoms with E-state index in [2.05, 4.69) is 15.3 Å². The van der Waals surface area contributed by atoms with Crippen molar-refractivity contribution in [3.8, 4) is 11.3 Å². The Morgan fingerprint density at radius 1 is 0.955 bits per heavy atom. The molecule has 1 saturated carbocycles. The number of anilines is 2. The first-order valence-corrected chi connectivity index (χ1v) is 16.9. The van der Waals surface area contributed by atoms with E-state index in [9.17, 15) is 9.59 Å². The van der Waals surface area contributed by atoms with Crippen molar-refractivity contribution in [1.82, 2.24) is 19.9 Å². The summed E-state index contributed by atoms with van der Waals surface area (Å²) in [6.45, 7) is 4.07. The second-order valence-corrected chi connectivity index (χ2v) is 13.6. The number of aryl methyl sites for hydroxylation is 2. The Hall–Kier alpha value is -3.47. The van der Waals surface area contributed by atoms with Crippen molar-refractivity contribution in [2.24, 2.45) is 0 Å². The van der Waals surface area contributed by atoms with Crippen LogP contribution in [0.2, 0.25) is 5.02 Å². The first-order valence-electron chi connectivity index (χ1n) is 14.7. The number of hydrogen-bond acceptors (Lipinski definition) is 8. The van der Waals surface area contributed by atoms with Gasteiger partial charge in [0.1, 0.15) is 10.5 Å². The zero-order valence-electron chi connectivity index (χ0n) is 25.5. The Kier molecular flexibility index (Phi) is 10.2. The summed E-state index contributed by atoms with van der Waals surface area (Å²) in [4.78, 5) is 46.2. The Morgan fingerprint density at radius 2 is 1.61 bits per heavy atom. The summed E-state index contributed by atoms with van der Waals surface area (Å²) < 4.78 is 0. The van der Waals surface area contributed by atoms with Gasteiger partial charge in [-0.25, -0.2) is 15.0 Å². The number of benzene rings is 2. The molecule has 0 unspecified atom stereocenters. The number of thiazole rings is 1. The van der Waals surface area contributed by atoms with Crippen LogP contribution in [0.3, 0.4) is 0 Å². The average Bonchev–Trinajstić information content (AvgIpc) is 3.48. The van der Waals surface area contributed by atoms with E-state index in [4.69, 9.17) is 16.6 Å². The molecule has 0 spiro atoms. The number of amides is 2. The van der Waals surface area contributed by atoms with Gasteiger partial charge in [-0.15, -0.1) is 11.3 Å². The molecule has 0 aliphatic heterocycles. The number of halogens is 1. The van der Waals surface area contributed by atoms with Crippen molar-refractivity contribution in [3.63, 3.8) is 0 Å². The first-order chi connectivity index (χ1) is 21.1. The molecule has 1 N–H and O–H groups in total. The molecule has 2 amide bonds. The number of rotatable bonds is 10. The van der Waals surface area contributed by atoms with Crippen LogP contribution in [0, 0.1) is 13.8 Å². The number of carbonyl (C=O) groups is 2. The highest BCUT2D eigenvalue weighted by Gasteiger charge is 2.47. The van der Waals surface area contributed by atoms with Crippen molar-refractivity contribution in [2.75, 3.05) is 30.1 Å². The molecule has 4 aromatic rings. The predicted octanol–water partition coefficient (Wildman–Crippen LogP) is 7.40. The van der Waals surface area contributed by atoms with Crippen LogP contribution < -0.4 is 10.2 Å². The van der Waals surface area contributed by atoms with Gasteiger partial charge in [-0.3, -0.25) is 9.59 Å². The fraction of sp³-hybridized carbons (Fsp3) is 0.364. The van der Waals surface area contributed by atoms with Crippen molar-refractivity contribution in [2.45, 2.75) is 63.2 Å². The third kappa shape index (κ3) is 7.60. The van der Waals surface area contributed by atoms with E-state index in [1.165, 1.54) is 23.1 Å². The monoisotopic (exact) mass is 648 g/mol. The van der Waals surface area contributed by atoms with Crippen LogP contribution >= 0.6 is 34.7 Å². The summed E-state index contributed by atoms with van der Waals surface area (Å²) in [7, 11) is 3.96. The van der Waals surface area contributed by atoms with Gasteiger partial charge in [0.25, 0.3) is 0 Å². The Balaban J connectivity index is 1.46. The molecule has 1 aliphatic carbocycles. The maximum atomic E-state index is 14.3. The van der Waals surface area contributed by atoms with E-state index in [0.29, 0.717) is 28.7 Å². The van der Waals surface area contributed by atoms with Crippen molar-refractivity contribution >= 4 is 57.9 Å². The van der Waals surface area contributed by atoms with Crippen LogP contribution in [0.25, 0.3) is 11.3 Å². The molecular weight excluding hydrogens is 612 g/mol. The van der Waals surface area contributed by atoms with Crippen molar-refractivity contribution in [3.05, 3.63) is 81.4 Å². The minimum atomic E-state index is -1.01. The summed E-state index contributed by atoms with van der Waals surface area (Å²) in [5.41, 5.74) is 4.20. The zero-order chi connectivity index (χ0) is 31.3. The molecule has 2 aromatic heterocycles. The van der Waals surface area contributed by atoms with Crippen LogP contribution in [0.1, 0.15) is 48.5 Å². The lowest BCUT2D eigenvalue weighted by molar-refractivity contribution is -0.146. The topological polar surface area (TPSA) is 91.3 Å². The van der Waals surface area contributed by atoms with Gasteiger partial charge in [-0.2, -0.15) is 0 Å². The number of carbonyl (C=O) groups excluding carboxylic acids is 2. The lowest BCUT2D eigenvalue weighted by atomic mass is 9.79. The molecule has 0 atom stereocenters. The Labute approximate surface area is 272 Å². The second kappa shape index (κ2) is 14.1. The molecule has 8 nitrogen and oxygen atoms in total. The van der Waals surface area contributed by atoms with Gasteiger partial charge in [0.15, 0.2) is 5.16 Å². The van der Waals surface area contributed by atoms with Gasteiger partial charge in [-0.1, -0.05) is 54.8 Å². The van der Waals surface area contributed by atoms with Gasteiger partial charge in [-0.05, 0) is 69.2 Å². The molecule has 1 fully saturated rings. The van der Waals surface area contributed by atoms with Gasteiger partial charge in [0.05, 0.1) is 18.0 Å². The zero-order valence-corrected chi connectivity index (χ0v) is 27.9. The highest BCUT2D eigenvalue weighted by atomic mass is 35.5. The van der Waals surface area contributed by atoms with E-state index in [1.54, 1.807) is 4.90 Å². The Bertz CT molecular complexity index is 1580. The number of hydrogen-bond donors (Lipinski definition) is 1. The Morgan fingerprint density at radius 3 is 2.25 bits per heavy atom. The lowest BCUT2D eigenvalue weighted by Gasteiger charge is -2.44. The van der Waals surface area contributed by atoms with Crippen molar-refractivity contribution in [1.29, 1.82) is 0 Å². The number of thioether (sulfide) groups is 1. The summed E-state index contributed by atoms with van der Waals surface area (Å²) >= 11 is 8.89. The van der Waals surface area contributed by atoms with E-state index in [0.717, 1.165) is 52.6 Å². The SMILES string of the molecule is Cc1cc(C)nc(SCC(=O)N(Cc2nc(-c3ccc(Cl)cc3)cs2)C2(C(=O)Nc3ccc(N(C)C)cc3)CCCCC2)n1. The van der Waals surface area contributed by atoms with Crippen LogP contribution in [-0.2, 0) is 16.1 Å². The minimum Gasteiger partial charge on any atom is -0.378 e. The van der Waals surface area contributed by atoms with Crippen LogP contribution in [0.5, 0.6) is 0 Å². The predicted molar refractivity (Wildman–Crippen MR) is 181 cm³/mol. The van der Waals surface area contributed by atoms with Crippen molar-refractivity contribution < 1.29 is 9.59 Å². The maximum absolute atomic E-state index is 14.3. The third-order valence-electron chi connectivity index (χ3n) is 7.83. The molecular formula is C33H37ClN6O2S2. The van der Waals surface area contributed by atoms with Gasteiger partial charge >= 0.3 is 0 Å². The molecule has 0 saturated heterocycles. The van der Waals surface area contributed by atoms with Crippen LogP contribution in [0.15, 0.2) is 65.1 Å². The molecule has 230 valence electrons. The summed E-state index contributed by atoms with van der Waals surface area (Å²) in [6.07, 6.45) is 3.91. The fourth-order valence-electron chi connectivity index (χ4n) is 5.56. The average molecular weight is 649 g/mol. The summed E-state index contributed by atoms with van der Waals surface area (Å²) in [5.74, 6) is -0.184. The van der Waals surface area contributed by atoms with Crippen LogP contribution in [-0.4, -0.2) is 57.1 Å². The van der Waals surface area contributed by atoms with Gasteiger partial charge in [0, 0.05) is 52.8 Å². The normalized spacial score (nSPS) is 14.2. The maximum Gasteiger partial charge on any atom is 0.250 e. The highest BCUT2D eigenvalue weighted by molar-refractivity contribution is 7.99. The lowest BCUT2D eigenvalue weighted by Crippen LogP contribution is -2.60. The molecule has 1 aliphatic rings. The molecule has 5 rings (SSSR count). The number of nitrogens with zero attached hydrogens (tertiary/aromatic N) is 5. The smallest absolute Gasteiger partial charge is 0.250 e. The van der Waals surface area contributed by atoms with E-state index >= 15 is 0 Å². The minimum absolute atomic E-state index is 0.116. The number of nitrogens with one attached hydrogen (secondary N) is 1. The van der Waals surface area contributed by atoms with E-state index < -0.39 is 5.54 Å². The van der Waals surface area contributed by atoms with Gasteiger partial charge in [0.2, 0.25) is 11.8 Å². The summed E-state index contributed by atoms with van der Waals surface area (Å²) in [6, 6.07) is 17.2. The largest absolute Gasteiger partial charge is 0.378 e. The first kappa shape index (κ1) is 31.9. The highest BCUT2D eigenvalue weighted by Crippen LogP contribution is 2.38. The quantitative estimate of drug-likeness (QED) is 0.142. The molecule has 2 heterocycles. The second-order valence-electron chi connectivity index (χ2n) is 11.3. The molecule has 44 heavy (non-hydrogen) atoms. The third-order valence-corrected chi connectivity index (χ3v) is 9.75. The molecule has 11 heteroatoms. The van der Waals surface area contributed by atoms with E-state index in [1.807, 2.05) is 92.8 Å². The van der Waals surface area contributed by atoms with Crippen LogP contribution in [0.4, 0.5) is 11.4 Å². The van der Waals surface area contributed by atoms with E-state index in [-0.39, 0.29) is 24.1 Å². The molecule has 0 radical (unpaired) electrons. The summed E-state index contributed by atoms with van der Waals surface area (Å²) in [5, 5.41) is 7.12. The standard InChI is InChI=1S/C33H37ClN6O2S2/c1-22-18-23(2)36-32(35-22)44-21-30(41)40(19-29-38-28(20-43-29)24-8-10-25(34)11-9-24)33(16-6-5-7-17-33)31(42)37-26-12-14-27(15-13-26)39(3)4/h8-15,18,20H,5-7,16-17,19,21H2,1-4H3,(H,37,42). The molecule has 0 bridgehead atoms. The number of aromatic nitrogens is 3. The fourth-order valence-corrected chi connectivity index (χ4v) is 7.30. The molecule has 2 aromatic carbocycles.